The van der Waals surface area contributed by atoms with Crippen LogP contribution in [0.3, 0.4) is 0 Å². The van der Waals surface area contributed by atoms with Gasteiger partial charge in [0.05, 0.1) is 6.04 Å². The van der Waals surface area contributed by atoms with Crippen molar-refractivity contribution in [1.82, 2.24) is 0 Å². The van der Waals surface area contributed by atoms with Crippen LogP contribution in [0.4, 0.5) is 13.2 Å². The first-order valence-corrected chi connectivity index (χ1v) is 4.00. The average molecular weight is 205 g/mol. The number of benzene rings is 1. The van der Waals surface area contributed by atoms with E-state index in [1.807, 2.05) is 0 Å². The molecule has 1 aromatic rings. The molecule has 0 saturated heterocycles. The van der Waals surface area contributed by atoms with Crippen LogP contribution in [-0.2, 0) is 0 Å². The van der Waals surface area contributed by atoms with Crippen LogP contribution in [0.2, 0.25) is 0 Å². The SMILES string of the molecule is N[C@H](CF)c1cccc(OC(F)F)c1. The molecule has 0 aromatic heterocycles. The molecule has 0 amide bonds. The molecule has 0 fully saturated rings. The van der Waals surface area contributed by atoms with Gasteiger partial charge in [-0.1, -0.05) is 12.1 Å². The van der Waals surface area contributed by atoms with Crippen molar-refractivity contribution in [2.24, 2.45) is 5.73 Å². The fraction of sp³-hybridized carbons (Fsp3) is 0.333. The zero-order valence-electron chi connectivity index (χ0n) is 7.29. The van der Waals surface area contributed by atoms with Gasteiger partial charge >= 0.3 is 6.61 Å². The van der Waals surface area contributed by atoms with Gasteiger partial charge in [0.15, 0.2) is 0 Å². The second kappa shape index (κ2) is 4.85. The van der Waals surface area contributed by atoms with E-state index in [0.29, 0.717) is 5.56 Å². The maximum atomic E-state index is 12.2. The molecule has 0 heterocycles. The maximum absolute atomic E-state index is 12.2. The van der Waals surface area contributed by atoms with Crippen LogP contribution in [0.15, 0.2) is 24.3 Å². The van der Waals surface area contributed by atoms with Crippen LogP contribution in [0.1, 0.15) is 11.6 Å². The van der Waals surface area contributed by atoms with Crippen LogP contribution in [-0.4, -0.2) is 13.3 Å². The minimum Gasteiger partial charge on any atom is -0.435 e. The molecule has 0 aliphatic rings. The molecular weight excluding hydrogens is 195 g/mol. The van der Waals surface area contributed by atoms with Gasteiger partial charge in [0.2, 0.25) is 0 Å². The molecule has 2 nitrogen and oxygen atoms in total. The summed E-state index contributed by atoms with van der Waals surface area (Å²) in [5.41, 5.74) is 5.81. The highest BCUT2D eigenvalue weighted by Gasteiger charge is 2.08. The Morgan fingerprint density at radius 1 is 1.36 bits per heavy atom. The number of alkyl halides is 3. The lowest BCUT2D eigenvalue weighted by molar-refractivity contribution is -0.0498. The van der Waals surface area contributed by atoms with E-state index in [1.165, 1.54) is 18.2 Å². The molecular formula is C9H10F3NO. The van der Waals surface area contributed by atoms with E-state index in [9.17, 15) is 13.2 Å². The van der Waals surface area contributed by atoms with E-state index < -0.39 is 19.3 Å². The summed E-state index contributed by atoms with van der Waals surface area (Å²) in [6.07, 6.45) is 0. The third-order valence-corrected chi connectivity index (χ3v) is 1.68. The molecule has 0 saturated carbocycles. The summed E-state index contributed by atoms with van der Waals surface area (Å²) in [5.74, 6) is -0.0126. The molecule has 0 bridgehead atoms. The highest BCUT2D eigenvalue weighted by atomic mass is 19.3. The molecule has 1 rings (SSSR count). The number of nitrogens with two attached hydrogens (primary N) is 1. The summed E-state index contributed by atoms with van der Waals surface area (Å²) in [6, 6.07) is 4.92. The molecule has 0 radical (unpaired) electrons. The van der Waals surface area contributed by atoms with Crippen molar-refractivity contribution >= 4 is 0 Å². The second-order valence-corrected chi connectivity index (χ2v) is 2.71. The van der Waals surface area contributed by atoms with E-state index in [2.05, 4.69) is 4.74 Å². The van der Waals surface area contributed by atoms with Crippen molar-refractivity contribution in [3.63, 3.8) is 0 Å². The van der Waals surface area contributed by atoms with Crippen LogP contribution < -0.4 is 10.5 Å². The zero-order chi connectivity index (χ0) is 10.6. The summed E-state index contributed by atoms with van der Waals surface area (Å²) >= 11 is 0. The lowest BCUT2D eigenvalue weighted by Crippen LogP contribution is -2.12. The fourth-order valence-electron chi connectivity index (χ4n) is 1.01. The first kappa shape index (κ1) is 10.8. The summed E-state index contributed by atoms with van der Waals surface area (Å²) in [7, 11) is 0. The molecule has 14 heavy (non-hydrogen) atoms. The number of hydrogen-bond donors (Lipinski definition) is 1. The average Bonchev–Trinajstić information content (AvgIpc) is 2.16. The summed E-state index contributed by atoms with van der Waals surface area (Å²) in [6.45, 7) is -3.62. The molecule has 0 aliphatic heterocycles. The lowest BCUT2D eigenvalue weighted by atomic mass is 10.1. The van der Waals surface area contributed by atoms with Gasteiger partial charge in [0.25, 0.3) is 0 Å². The maximum Gasteiger partial charge on any atom is 0.387 e. The summed E-state index contributed by atoms with van der Waals surface area (Å²) < 4.78 is 39.9. The Morgan fingerprint density at radius 2 is 2.07 bits per heavy atom. The first-order chi connectivity index (χ1) is 6.63. The Hall–Kier alpha value is -1.23. The summed E-state index contributed by atoms with van der Waals surface area (Å²) in [5, 5.41) is 0. The molecule has 0 spiro atoms. The topological polar surface area (TPSA) is 35.2 Å². The van der Waals surface area contributed by atoms with Gasteiger partial charge in [-0.05, 0) is 17.7 Å². The van der Waals surface area contributed by atoms with Crippen molar-refractivity contribution in [1.29, 1.82) is 0 Å². The standard InChI is InChI=1S/C9H10F3NO/c10-5-8(13)6-2-1-3-7(4-6)14-9(11)12/h1-4,8-9H,5,13H2/t8-/m1/s1. The number of halogens is 3. The highest BCUT2D eigenvalue weighted by molar-refractivity contribution is 5.30. The third kappa shape index (κ3) is 2.92. The Labute approximate surface area is 79.5 Å². The normalized spacial score (nSPS) is 12.9. The van der Waals surface area contributed by atoms with E-state index >= 15 is 0 Å². The molecule has 0 unspecified atom stereocenters. The van der Waals surface area contributed by atoms with Crippen molar-refractivity contribution in [3.8, 4) is 5.75 Å². The smallest absolute Gasteiger partial charge is 0.387 e. The number of hydrogen-bond acceptors (Lipinski definition) is 2. The quantitative estimate of drug-likeness (QED) is 0.818. The molecule has 1 atom stereocenters. The monoisotopic (exact) mass is 205 g/mol. The first-order valence-electron chi connectivity index (χ1n) is 4.00. The minimum atomic E-state index is -2.88. The van der Waals surface area contributed by atoms with Crippen LogP contribution >= 0.6 is 0 Å². The van der Waals surface area contributed by atoms with Gasteiger partial charge in [-0.25, -0.2) is 4.39 Å². The van der Waals surface area contributed by atoms with Crippen molar-refractivity contribution in [2.45, 2.75) is 12.7 Å². The predicted octanol–water partition coefficient (Wildman–Crippen LogP) is 2.26. The van der Waals surface area contributed by atoms with E-state index in [4.69, 9.17) is 5.73 Å². The van der Waals surface area contributed by atoms with Crippen LogP contribution in [0.25, 0.3) is 0 Å². The molecule has 1 aromatic carbocycles. The highest BCUT2D eigenvalue weighted by Crippen LogP contribution is 2.19. The predicted molar refractivity (Wildman–Crippen MR) is 46.0 cm³/mol. The van der Waals surface area contributed by atoms with Gasteiger partial charge in [-0.3, -0.25) is 0 Å². The Morgan fingerprint density at radius 3 is 2.64 bits per heavy atom. The largest absolute Gasteiger partial charge is 0.435 e. The van der Waals surface area contributed by atoms with Gasteiger partial charge in [0, 0.05) is 0 Å². The minimum absolute atomic E-state index is 0.0126. The van der Waals surface area contributed by atoms with Crippen molar-refractivity contribution in [3.05, 3.63) is 29.8 Å². The molecule has 2 N–H and O–H groups in total. The van der Waals surface area contributed by atoms with Gasteiger partial charge in [0.1, 0.15) is 12.4 Å². The van der Waals surface area contributed by atoms with Gasteiger partial charge < -0.3 is 10.5 Å². The fourth-order valence-corrected chi connectivity index (χ4v) is 1.01. The van der Waals surface area contributed by atoms with E-state index in [1.54, 1.807) is 6.07 Å². The van der Waals surface area contributed by atoms with Crippen molar-refractivity contribution < 1.29 is 17.9 Å². The Kier molecular flexibility index (Phi) is 3.76. The van der Waals surface area contributed by atoms with Crippen LogP contribution in [0, 0.1) is 0 Å². The van der Waals surface area contributed by atoms with Crippen molar-refractivity contribution in [2.75, 3.05) is 6.67 Å². The zero-order valence-corrected chi connectivity index (χ0v) is 7.29. The molecule has 78 valence electrons. The number of ether oxygens (including phenoxy) is 1. The Balaban J connectivity index is 2.78. The molecule has 5 heteroatoms. The number of rotatable bonds is 4. The second-order valence-electron chi connectivity index (χ2n) is 2.71. The lowest BCUT2D eigenvalue weighted by Gasteiger charge is -2.09. The van der Waals surface area contributed by atoms with E-state index in [-0.39, 0.29) is 5.75 Å². The van der Waals surface area contributed by atoms with Gasteiger partial charge in [-0.2, -0.15) is 8.78 Å². The van der Waals surface area contributed by atoms with E-state index in [0.717, 1.165) is 0 Å². The van der Waals surface area contributed by atoms with Gasteiger partial charge in [-0.15, -0.1) is 0 Å². The summed E-state index contributed by atoms with van der Waals surface area (Å²) in [4.78, 5) is 0. The van der Waals surface area contributed by atoms with Crippen LogP contribution in [0.5, 0.6) is 5.75 Å². The molecule has 0 aliphatic carbocycles. The third-order valence-electron chi connectivity index (χ3n) is 1.68. The Bertz CT molecular complexity index is 293.